The molecule has 0 spiro atoms. The van der Waals surface area contributed by atoms with Gasteiger partial charge in [0.05, 0.1) is 23.8 Å². The van der Waals surface area contributed by atoms with Crippen LogP contribution in [0.3, 0.4) is 0 Å². The first-order chi connectivity index (χ1) is 15.5. The summed E-state index contributed by atoms with van der Waals surface area (Å²) in [6, 6.07) is 1.47. The maximum absolute atomic E-state index is 13.0. The lowest BCUT2D eigenvalue weighted by Gasteiger charge is -2.30. The van der Waals surface area contributed by atoms with E-state index in [0.29, 0.717) is 43.1 Å². The van der Waals surface area contributed by atoms with Gasteiger partial charge in [0.2, 0.25) is 0 Å². The third-order valence-corrected chi connectivity index (χ3v) is 6.68. The molecule has 5 heterocycles. The van der Waals surface area contributed by atoms with Gasteiger partial charge in [-0.25, -0.2) is 4.98 Å². The van der Waals surface area contributed by atoms with Crippen molar-refractivity contribution in [2.24, 2.45) is 0 Å². The van der Waals surface area contributed by atoms with E-state index in [1.807, 2.05) is 11.8 Å². The first-order valence-corrected chi connectivity index (χ1v) is 11.3. The normalized spacial score (nSPS) is 22.8. The van der Waals surface area contributed by atoms with Crippen LogP contribution in [0.4, 0.5) is 0 Å². The minimum absolute atomic E-state index is 0.00476. The van der Waals surface area contributed by atoms with Crippen LogP contribution in [-0.2, 0) is 22.5 Å². The molecule has 3 aliphatic heterocycles. The molecule has 0 saturated carbocycles. The fraction of sp³-hybridized carbons (Fsp3) is 0.522. The summed E-state index contributed by atoms with van der Waals surface area (Å²) in [5, 5.41) is 0. The number of amides is 2. The Labute approximate surface area is 185 Å². The number of fused-ring (bicyclic) bond motifs is 1. The van der Waals surface area contributed by atoms with Crippen LogP contribution in [0.1, 0.15) is 64.7 Å². The number of rotatable bonds is 3. The van der Waals surface area contributed by atoms with Crippen LogP contribution in [0.2, 0.25) is 0 Å². The van der Waals surface area contributed by atoms with Gasteiger partial charge >= 0.3 is 0 Å². The number of nitrogens with one attached hydrogen (secondary N) is 1. The largest absolute Gasteiger partial charge is 0.368 e. The zero-order valence-electron chi connectivity index (χ0n) is 18.2. The van der Waals surface area contributed by atoms with Gasteiger partial charge in [0.1, 0.15) is 11.9 Å². The number of carbonyl (C=O) groups excluding carboxylic acids is 2. The van der Waals surface area contributed by atoms with Gasteiger partial charge in [0, 0.05) is 44.1 Å². The van der Waals surface area contributed by atoms with Crippen molar-refractivity contribution in [3.8, 4) is 0 Å². The second-order valence-electron chi connectivity index (χ2n) is 8.74. The molecule has 9 heteroatoms. The third kappa shape index (κ3) is 3.70. The Balaban J connectivity index is 1.37. The van der Waals surface area contributed by atoms with E-state index in [0.717, 1.165) is 36.9 Å². The summed E-state index contributed by atoms with van der Waals surface area (Å²) in [4.78, 5) is 54.1. The zero-order valence-corrected chi connectivity index (χ0v) is 18.2. The van der Waals surface area contributed by atoms with E-state index in [4.69, 9.17) is 9.72 Å². The summed E-state index contributed by atoms with van der Waals surface area (Å²) >= 11 is 0. The van der Waals surface area contributed by atoms with Crippen molar-refractivity contribution >= 4 is 11.8 Å². The lowest BCUT2D eigenvalue weighted by Crippen LogP contribution is -2.42. The van der Waals surface area contributed by atoms with Crippen molar-refractivity contribution in [1.82, 2.24) is 24.8 Å². The lowest BCUT2D eigenvalue weighted by atomic mass is 10.0. The van der Waals surface area contributed by atoms with Crippen molar-refractivity contribution in [1.29, 1.82) is 0 Å². The molecular weight excluding hydrogens is 410 g/mol. The Morgan fingerprint density at radius 2 is 2.09 bits per heavy atom. The summed E-state index contributed by atoms with van der Waals surface area (Å²) in [7, 11) is 0. The van der Waals surface area contributed by atoms with E-state index in [2.05, 4.69) is 9.97 Å². The van der Waals surface area contributed by atoms with E-state index >= 15 is 0 Å². The van der Waals surface area contributed by atoms with E-state index in [1.54, 1.807) is 23.4 Å². The van der Waals surface area contributed by atoms with Gasteiger partial charge < -0.3 is 19.5 Å². The molecule has 9 nitrogen and oxygen atoms in total. The van der Waals surface area contributed by atoms with Gasteiger partial charge in [-0.05, 0) is 44.2 Å². The highest BCUT2D eigenvalue weighted by molar-refractivity contribution is 5.95. The molecule has 2 fully saturated rings. The SMILES string of the molecule is Cc1cnccc1C(=O)N1CCc2nc([C@H]3CCCN3C(=O)[C@H]3CCCO3)[nH]c(=O)c2C1. The molecule has 3 aliphatic rings. The molecule has 0 radical (unpaired) electrons. The predicted molar refractivity (Wildman–Crippen MR) is 115 cm³/mol. The van der Waals surface area contributed by atoms with Gasteiger partial charge in [-0.3, -0.25) is 19.4 Å². The Bertz CT molecular complexity index is 1110. The minimum atomic E-state index is -0.379. The van der Waals surface area contributed by atoms with Crippen molar-refractivity contribution in [2.75, 3.05) is 19.7 Å². The number of carbonyl (C=O) groups is 2. The Kier molecular flexibility index (Phi) is 5.50. The summed E-state index contributed by atoms with van der Waals surface area (Å²) in [5.74, 6) is 0.431. The summed E-state index contributed by atoms with van der Waals surface area (Å²) in [6.07, 6.45) is 6.68. The molecule has 2 amide bonds. The fourth-order valence-electron chi connectivity index (χ4n) is 4.93. The first-order valence-electron chi connectivity index (χ1n) is 11.3. The molecule has 2 aromatic heterocycles. The van der Waals surface area contributed by atoms with Gasteiger partial charge in [-0.2, -0.15) is 0 Å². The predicted octanol–water partition coefficient (Wildman–Crippen LogP) is 1.51. The molecule has 0 unspecified atom stereocenters. The quantitative estimate of drug-likeness (QED) is 0.780. The second kappa shape index (κ2) is 8.46. The Hall–Kier alpha value is -3.07. The summed E-state index contributed by atoms with van der Waals surface area (Å²) in [6.45, 7) is 3.84. The lowest BCUT2D eigenvalue weighted by molar-refractivity contribution is -0.142. The molecule has 2 aromatic rings. The highest BCUT2D eigenvalue weighted by Gasteiger charge is 2.37. The molecule has 5 rings (SSSR count). The van der Waals surface area contributed by atoms with Crippen molar-refractivity contribution in [2.45, 2.75) is 57.7 Å². The molecule has 0 aliphatic carbocycles. The molecule has 32 heavy (non-hydrogen) atoms. The number of aromatic amines is 1. The number of hydrogen-bond acceptors (Lipinski definition) is 6. The van der Waals surface area contributed by atoms with E-state index in [1.165, 1.54) is 0 Å². The average Bonchev–Trinajstić information content (AvgIpc) is 3.51. The minimum Gasteiger partial charge on any atom is -0.368 e. The molecule has 2 atom stereocenters. The van der Waals surface area contributed by atoms with Crippen LogP contribution in [0, 0.1) is 6.92 Å². The summed E-state index contributed by atoms with van der Waals surface area (Å²) in [5.41, 5.74) is 2.41. The van der Waals surface area contributed by atoms with Gasteiger partial charge in [0.15, 0.2) is 0 Å². The molecule has 0 aromatic carbocycles. The zero-order chi connectivity index (χ0) is 22.2. The van der Waals surface area contributed by atoms with Gasteiger partial charge in [0.25, 0.3) is 17.4 Å². The van der Waals surface area contributed by atoms with Crippen LogP contribution < -0.4 is 5.56 Å². The van der Waals surface area contributed by atoms with Crippen LogP contribution in [0.15, 0.2) is 23.3 Å². The number of aryl methyl sites for hydroxylation is 1. The number of ether oxygens (including phenoxy) is 1. The Morgan fingerprint density at radius 1 is 1.22 bits per heavy atom. The second-order valence-corrected chi connectivity index (χ2v) is 8.74. The van der Waals surface area contributed by atoms with E-state index in [-0.39, 0.29) is 36.1 Å². The molecule has 168 valence electrons. The number of aromatic nitrogens is 3. The van der Waals surface area contributed by atoms with Crippen LogP contribution in [-0.4, -0.2) is 62.4 Å². The van der Waals surface area contributed by atoms with Crippen LogP contribution in [0.25, 0.3) is 0 Å². The summed E-state index contributed by atoms with van der Waals surface area (Å²) < 4.78 is 5.58. The van der Waals surface area contributed by atoms with Gasteiger partial charge in [-0.15, -0.1) is 0 Å². The Morgan fingerprint density at radius 3 is 2.88 bits per heavy atom. The first kappa shape index (κ1) is 20.8. The van der Waals surface area contributed by atoms with Crippen molar-refractivity contribution in [3.63, 3.8) is 0 Å². The molecular formula is C23H27N5O4. The fourth-order valence-corrected chi connectivity index (χ4v) is 4.93. The van der Waals surface area contributed by atoms with E-state index < -0.39 is 0 Å². The monoisotopic (exact) mass is 437 g/mol. The number of H-pyrrole nitrogens is 1. The maximum atomic E-state index is 13.0. The highest BCUT2D eigenvalue weighted by atomic mass is 16.5. The highest BCUT2D eigenvalue weighted by Crippen LogP contribution is 2.32. The maximum Gasteiger partial charge on any atom is 0.256 e. The molecule has 0 bridgehead atoms. The van der Waals surface area contributed by atoms with E-state index in [9.17, 15) is 14.4 Å². The van der Waals surface area contributed by atoms with Crippen molar-refractivity contribution < 1.29 is 14.3 Å². The third-order valence-electron chi connectivity index (χ3n) is 6.68. The van der Waals surface area contributed by atoms with Crippen LogP contribution in [0.5, 0.6) is 0 Å². The average molecular weight is 438 g/mol. The smallest absolute Gasteiger partial charge is 0.256 e. The number of likely N-dealkylation sites (tertiary alicyclic amines) is 1. The number of nitrogens with zero attached hydrogens (tertiary/aromatic N) is 4. The molecule has 2 saturated heterocycles. The standard InChI is InChI=1S/C23H27N5O4/c1-14-12-24-8-6-15(14)22(30)27-10-7-17-16(13-27)21(29)26-20(25-17)18-4-2-9-28(18)23(31)19-5-3-11-32-19/h6,8,12,18-19H,2-5,7,9-11,13H2,1H3,(H,25,26,29)/t18-,19-/m1/s1. The van der Waals surface area contributed by atoms with Crippen LogP contribution >= 0.6 is 0 Å². The number of hydrogen-bond donors (Lipinski definition) is 1. The van der Waals surface area contributed by atoms with Gasteiger partial charge in [-0.1, -0.05) is 0 Å². The topological polar surface area (TPSA) is 108 Å². The molecule has 1 N–H and O–H groups in total. The van der Waals surface area contributed by atoms with Crippen molar-refractivity contribution in [3.05, 3.63) is 57.0 Å². The number of pyridine rings is 1.